The minimum Gasteiger partial charge on any atom is -0.325 e. The Morgan fingerprint density at radius 3 is 2.48 bits per heavy atom. The molecule has 2 aliphatic heterocycles. The zero-order chi connectivity index (χ0) is 22.2. The summed E-state index contributed by atoms with van der Waals surface area (Å²) in [5, 5.41) is 2.85. The molecule has 1 aromatic heterocycles. The highest BCUT2D eigenvalue weighted by molar-refractivity contribution is 7.99. The minimum absolute atomic E-state index is 0.0859. The van der Waals surface area contributed by atoms with E-state index in [0.29, 0.717) is 25.3 Å². The Balaban J connectivity index is 1.45. The zero-order valence-corrected chi connectivity index (χ0v) is 19.9. The van der Waals surface area contributed by atoms with Crippen LogP contribution in [0.15, 0.2) is 34.5 Å². The first-order valence-electron chi connectivity index (χ1n) is 10.1. The molecule has 2 fully saturated rings. The number of hydrogen-bond donors (Lipinski definition) is 1. The number of hydrogen-bond acceptors (Lipinski definition) is 6. The zero-order valence-electron chi connectivity index (χ0n) is 17.5. The summed E-state index contributed by atoms with van der Waals surface area (Å²) in [7, 11) is -3.55. The molecule has 0 bridgehead atoms. The molecule has 2 saturated heterocycles. The lowest BCUT2D eigenvalue weighted by molar-refractivity contribution is -0.122. The first kappa shape index (κ1) is 22.3. The molecule has 2 aromatic rings. The van der Waals surface area contributed by atoms with Crippen molar-refractivity contribution in [3.8, 4) is 0 Å². The van der Waals surface area contributed by atoms with Crippen LogP contribution >= 0.6 is 23.1 Å². The van der Waals surface area contributed by atoms with Gasteiger partial charge in [-0.1, -0.05) is 17.7 Å². The normalized spacial score (nSPS) is 20.3. The van der Waals surface area contributed by atoms with Crippen molar-refractivity contribution in [2.45, 2.75) is 24.5 Å². The smallest absolute Gasteiger partial charge is 0.252 e. The highest BCUT2D eigenvalue weighted by atomic mass is 32.2. The highest BCUT2D eigenvalue weighted by Gasteiger charge is 2.36. The van der Waals surface area contributed by atoms with Gasteiger partial charge in [-0.05, 0) is 32.0 Å². The van der Waals surface area contributed by atoms with Crippen molar-refractivity contribution in [3.63, 3.8) is 0 Å². The van der Waals surface area contributed by atoms with Gasteiger partial charge in [-0.2, -0.15) is 16.1 Å². The molecule has 2 amide bonds. The Bertz CT molecular complexity index is 1090. The number of amides is 2. The lowest BCUT2D eigenvalue weighted by Crippen LogP contribution is -2.37. The van der Waals surface area contributed by atoms with Crippen LogP contribution in [-0.4, -0.2) is 55.7 Å². The van der Waals surface area contributed by atoms with E-state index in [0.717, 1.165) is 27.6 Å². The number of nitrogens with one attached hydrogen (secondary N) is 1. The van der Waals surface area contributed by atoms with Gasteiger partial charge < -0.3 is 10.2 Å². The fourth-order valence-electron chi connectivity index (χ4n) is 3.71. The minimum atomic E-state index is -3.55. The summed E-state index contributed by atoms with van der Waals surface area (Å²) >= 11 is 2.92. The molecule has 0 aliphatic carbocycles. The van der Waals surface area contributed by atoms with Crippen LogP contribution in [0.3, 0.4) is 0 Å². The van der Waals surface area contributed by atoms with Gasteiger partial charge in [0, 0.05) is 48.1 Å². The standard InChI is InChI=1S/C21H25N3O4S3/c1-14-3-5-17(6-4-14)24-13-16(11-19(24)25)21(26)22-18-12-20(30-15(18)2)31(27,28)23-7-9-29-10-8-23/h3-6,12,16H,7-11,13H2,1-2H3,(H,22,26)/t16-/m1/s1. The van der Waals surface area contributed by atoms with E-state index in [2.05, 4.69) is 5.32 Å². The third kappa shape index (κ3) is 4.67. The summed E-state index contributed by atoms with van der Waals surface area (Å²) in [5.74, 6) is 0.757. The molecule has 4 rings (SSSR count). The quantitative estimate of drug-likeness (QED) is 0.712. The van der Waals surface area contributed by atoms with Crippen molar-refractivity contribution in [1.29, 1.82) is 0 Å². The number of thiophene rings is 1. The second-order valence-electron chi connectivity index (χ2n) is 7.78. The Morgan fingerprint density at radius 2 is 1.81 bits per heavy atom. The van der Waals surface area contributed by atoms with Gasteiger partial charge in [0.15, 0.2) is 0 Å². The molecule has 0 unspecified atom stereocenters. The summed E-state index contributed by atoms with van der Waals surface area (Å²) in [4.78, 5) is 27.7. The van der Waals surface area contributed by atoms with Crippen molar-refractivity contribution < 1.29 is 18.0 Å². The van der Waals surface area contributed by atoms with E-state index in [1.807, 2.05) is 31.2 Å². The van der Waals surface area contributed by atoms with Crippen LogP contribution in [0, 0.1) is 19.8 Å². The summed E-state index contributed by atoms with van der Waals surface area (Å²) < 4.78 is 27.6. The van der Waals surface area contributed by atoms with Crippen molar-refractivity contribution in [2.24, 2.45) is 5.92 Å². The lowest BCUT2D eigenvalue weighted by atomic mass is 10.1. The number of rotatable bonds is 5. The molecule has 3 heterocycles. The monoisotopic (exact) mass is 479 g/mol. The van der Waals surface area contributed by atoms with E-state index >= 15 is 0 Å². The molecule has 166 valence electrons. The molecule has 1 atom stereocenters. The fraction of sp³-hybridized carbons (Fsp3) is 0.429. The third-order valence-electron chi connectivity index (χ3n) is 5.56. The van der Waals surface area contributed by atoms with Crippen molar-refractivity contribution in [2.75, 3.05) is 41.4 Å². The number of anilines is 2. The van der Waals surface area contributed by atoms with E-state index in [4.69, 9.17) is 0 Å². The Labute approximate surface area is 190 Å². The highest BCUT2D eigenvalue weighted by Crippen LogP contribution is 2.34. The van der Waals surface area contributed by atoms with Crippen LogP contribution in [0.2, 0.25) is 0 Å². The number of thioether (sulfide) groups is 1. The number of carbonyl (C=O) groups is 2. The topological polar surface area (TPSA) is 86.8 Å². The fourth-order valence-corrected chi connectivity index (χ4v) is 7.84. The average Bonchev–Trinajstić information content (AvgIpc) is 3.32. The van der Waals surface area contributed by atoms with Gasteiger partial charge in [0.25, 0.3) is 10.0 Å². The lowest BCUT2D eigenvalue weighted by Gasteiger charge is -2.24. The predicted octanol–water partition coefficient (Wildman–Crippen LogP) is 3.09. The molecule has 31 heavy (non-hydrogen) atoms. The first-order chi connectivity index (χ1) is 14.8. The van der Waals surface area contributed by atoms with Crippen LogP contribution in [0.25, 0.3) is 0 Å². The van der Waals surface area contributed by atoms with E-state index in [9.17, 15) is 18.0 Å². The summed E-state index contributed by atoms with van der Waals surface area (Å²) in [6, 6.07) is 9.19. The van der Waals surface area contributed by atoms with Gasteiger partial charge in [-0.25, -0.2) is 8.42 Å². The van der Waals surface area contributed by atoms with E-state index in [1.54, 1.807) is 29.7 Å². The van der Waals surface area contributed by atoms with Gasteiger partial charge in [0.05, 0.1) is 11.6 Å². The Kier molecular flexibility index (Phi) is 6.43. The van der Waals surface area contributed by atoms with Gasteiger partial charge in [-0.15, -0.1) is 11.3 Å². The van der Waals surface area contributed by atoms with Gasteiger partial charge in [-0.3, -0.25) is 9.59 Å². The summed E-state index contributed by atoms with van der Waals surface area (Å²) in [5.41, 5.74) is 2.39. The van der Waals surface area contributed by atoms with Crippen molar-refractivity contribution >= 4 is 56.3 Å². The number of nitrogens with zero attached hydrogens (tertiary/aromatic N) is 2. The third-order valence-corrected chi connectivity index (χ3v) is 9.90. The SMILES string of the molecule is Cc1ccc(N2C[C@H](C(=O)Nc3cc(S(=O)(=O)N4CCSCC4)sc3C)CC2=O)cc1. The number of carbonyl (C=O) groups excluding carboxylic acids is 2. The molecule has 1 aromatic carbocycles. The molecule has 10 heteroatoms. The molecular formula is C21H25N3O4S3. The number of sulfonamides is 1. The van der Waals surface area contributed by atoms with Gasteiger partial charge in [0.1, 0.15) is 4.21 Å². The summed E-state index contributed by atoms with van der Waals surface area (Å²) in [6.45, 7) is 5.10. The number of aryl methyl sites for hydroxylation is 2. The Morgan fingerprint density at radius 1 is 1.13 bits per heavy atom. The second-order valence-corrected chi connectivity index (χ2v) is 12.4. The molecular weight excluding hydrogens is 454 g/mol. The van der Waals surface area contributed by atoms with Crippen LogP contribution in [0.1, 0.15) is 16.9 Å². The molecule has 1 N–H and O–H groups in total. The van der Waals surface area contributed by atoms with Crippen LogP contribution < -0.4 is 10.2 Å². The van der Waals surface area contributed by atoms with Gasteiger partial charge >= 0.3 is 0 Å². The average molecular weight is 480 g/mol. The molecule has 0 radical (unpaired) electrons. The van der Waals surface area contributed by atoms with Crippen LogP contribution in [0.4, 0.5) is 11.4 Å². The summed E-state index contributed by atoms with van der Waals surface area (Å²) in [6.07, 6.45) is 0.138. The molecule has 2 aliphatic rings. The van der Waals surface area contributed by atoms with Crippen LogP contribution in [-0.2, 0) is 19.6 Å². The molecule has 0 spiro atoms. The van der Waals surface area contributed by atoms with Crippen molar-refractivity contribution in [1.82, 2.24) is 4.31 Å². The van der Waals surface area contributed by atoms with Gasteiger partial charge in [0.2, 0.25) is 11.8 Å². The van der Waals surface area contributed by atoms with E-state index < -0.39 is 15.9 Å². The largest absolute Gasteiger partial charge is 0.325 e. The number of benzene rings is 1. The van der Waals surface area contributed by atoms with E-state index in [-0.39, 0.29) is 22.4 Å². The maximum absolute atomic E-state index is 12.9. The molecule has 0 saturated carbocycles. The van der Waals surface area contributed by atoms with E-state index in [1.165, 1.54) is 15.6 Å². The van der Waals surface area contributed by atoms with Crippen molar-refractivity contribution in [3.05, 3.63) is 40.8 Å². The maximum Gasteiger partial charge on any atom is 0.252 e. The second kappa shape index (κ2) is 8.93. The van der Waals surface area contributed by atoms with Crippen LogP contribution in [0.5, 0.6) is 0 Å². The maximum atomic E-state index is 12.9. The first-order valence-corrected chi connectivity index (χ1v) is 13.5. The molecule has 7 nitrogen and oxygen atoms in total. The Hall–Kier alpha value is -1.88. The predicted molar refractivity (Wildman–Crippen MR) is 125 cm³/mol.